The minimum Gasteiger partial charge on any atom is -0.478 e. The lowest BCUT2D eigenvalue weighted by molar-refractivity contribution is 0.0696. The summed E-state index contributed by atoms with van der Waals surface area (Å²) < 4.78 is 1.77. The summed E-state index contributed by atoms with van der Waals surface area (Å²) in [4.78, 5) is 26.9. The number of carbonyl (C=O) groups is 2. The molecule has 0 aliphatic rings. The highest BCUT2D eigenvalue weighted by Crippen LogP contribution is 2.17. The number of nitrogens with one attached hydrogen (secondary N) is 1. The first kappa shape index (κ1) is 15.7. The molecular weight excluding hydrogens is 284 g/mol. The van der Waals surface area contributed by atoms with Gasteiger partial charge in [0.1, 0.15) is 0 Å². The number of carboxylic acids is 1. The third-order valence-electron chi connectivity index (χ3n) is 3.00. The lowest BCUT2D eigenvalue weighted by atomic mass is 10.1. The number of hydrogen-bond donors (Lipinski definition) is 2. The van der Waals surface area contributed by atoms with Crippen LogP contribution < -0.4 is 5.32 Å². The summed E-state index contributed by atoms with van der Waals surface area (Å²) in [6.45, 7) is 7.86. The van der Waals surface area contributed by atoms with Crippen LogP contribution in [0.5, 0.6) is 0 Å². The molecule has 0 fully saturated rings. The summed E-state index contributed by atoms with van der Waals surface area (Å²) in [6.07, 6.45) is 2.61. The molecule has 2 N–H and O–H groups in total. The summed E-state index contributed by atoms with van der Waals surface area (Å²) in [7, 11) is 0. The van der Waals surface area contributed by atoms with E-state index in [1.54, 1.807) is 10.7 Å². The number of aromatic carboxylic acids is 1. The SMILES string of the molecule is Cc1cc(C(=O)Nc2cncc(C(=O)O)c2)nn1C(C)(C)C. The van der Waals surface area contributed by atoms with Crippen LogP contribution in [0.25, 0.3) is 0 Å². The van der Waals surface area contributed by atoms with Crippen LogP contribution in [0.1, 0.15) is 47.3 Å². The maximum Gasteiger partial charge on any atom is 0.337 e. The van der Waals surface area contributed by atoms with E-state index < -0.39 is 11.9 Å². The van der Waals surface area contributed by atoms with Crippen molar-refractivity contribution >= 4 is 17.6 Å². The molecule has 116 valence electrons. The van der Waals surface area contributed by atoms with Gasteiger partial charge in [0.2, 0.25) is 0 Å². The normalized spacial score (nSPS) is 11.3. The zero-order chi connectivity index (χ0) is 16.5. The van der Waals surface area contributed by atoms with Gasteiger partial charge in [-0.2, -0.15) is 5.10 Å². The van der Waals surface area contributed by atoms with Gasteiger partial charge in [0, 0.05) is 11.9 Å². The van der Waals surface area contributed by atoms with Crippen LogP contribution in [0, 0.1) is 6.92 Å². The highest BCUT2D eigenvalue weighted by molar-refractivity contribution is 6.03. The monoisotopic (exact) mass is 302 g/mol. The highest BCUT2D eigenvalue weighted by Gasteiger charge is 2.20. The minimum atomic E-state index is -1.10. The van der Waals surface area contributed by atoms with E-state index in [1.165, 1.54) is 18.5 Å². The number of aromatic nitrogens is 3. The number of pyridine rings is 1. The van der Waals surface area contributed by atoms with Crippen molar-refractivity contribution in [2.75, 3.05) is 5.32 Å². The van der Waals surface area contributed by atoms with E-state index in [4.69, 9.17) is 5.11 Å². The number of hydrogen-bond acceptors (Lipinski definition) is 4. The zero-order valence-electron chi connectivity index (χ0n) is 12.9. The van der Waals surface area contributed by atoms with Crippen LogP contribution in [0.2, 0.25) is 0 Å². The Bertz CT molecular complexity index is 729. The van der Waals surface area contributed by atoms with Gasteiger partial charge in [-0.1, -0.05) is 0 Å². The number of carbonyl (C=O) groups excluding carboxylic acids is 1. The van der Waals surface area contributed by atoms with E-state index in [0.29, 0.717) is 5.69 Å². The Morgan fingerprint density at radius 3 is 2.45 bits per heavy atom. The lowest BCUT2D eigenvalue weighted by Crippen LogP contribution is -2.25. The van der Waals surface area contributed by atoms with Crippen molar-refractivity contribution in [3.05, 3.63) is 41.5 Å². The van der Waals surface area contributed by atoms with Gasteiger partial charge in [-0.05, 0) is 39.8 Å². The molecule has 0 saturated carbocycles. The van der Waals surface area contributed by atoms with Crippen molar-refractivity contribution < 1.29 is 14.7 Å². The molecule has 0 saturated heterocycles. The predicted molar refractivity (Wildman–Crippen MR) is 81.1 cm³/mol. The van der Waals surface area contributed by atoms with Crippen LogP contribution >= 0.6 is 0 Å². The van der Waals surface area contributed by atoms with Gasteiger partial charge < -0.3 is 10.4 Å². The third kappa shape index (κ3) is 3.30. The topological polar surface area (TPSA) is 97.1 Å². The number of aryl methyl sites for hydroxylation is 1. The molecule has 0 atom stereocenters. The number of carboxylic acid groups (broad SMARTS) is 1. The Balaban J connectivity index is 2.23. The molecular formula is C15H18N4O3. The van der Waals surface area contributed by atoms with Crippen LogP contribution in [0.15, 0.2) is 24.5 Å². The fourth-order valence-corrected chi connectivity index (χ4v) is 2.08. The molecule has 7 nitrogen and oxygen atoms in total. The Kier molecular flexibility index (Phi) is 3.99. The van der Waals surface area contributed by atoms with Crippen molar-refractivity contribution in [1.82, 2.24) is 14.8 Å². The van der Waals surface area contributed by atoms with Crippen LogP contribution in [-0.2, 0) is 5.54 Å². The van der Waals surface area contributed by atoms with Crippen molar-refractivity contribution in [3.8, 4) is 0 Å². The summed E-state index contributed by atoms with van der Waals surface area (Å²) in [5.74, 6) is -1.51. The molecule has 7 heteroatoms. The molecule has 0 aromatic carbocycles. The largest absolute Gasteiger partial charge is 0.478 e. The fourth-order valence-electron chi connectivity index (χ4n) is 2.08. The molecule has 2 heterocycles. The molecule has 2 rings (SSSR count). The van der Waals surface area contributed by atoms with Crippen molar-refractivity contribution in [3.63, 3.8) is 0 Å². The molecule has 0 aliphatic heterocycles. The minimum absolute atomic E-state index is 0.00852. The molecule has 0 aliphatic carbocycles. The summed E-state index contributed by atoms with van der Waals surface area (Å²) in [5, 5.41) is 15.8. The van der Waals surface area contributed by atoms with Gasteiger partial charge in [0.05, 0.1) is 23.0 Å². The smallest absolute Gasteiger partial charge is 0.337 e. The Morgan fingerprint density at radius 1 is 1.23 bits per heavy atom. The predicted octanol–water partition coefficient (Wildman–Crippen LogP) is 2.29. The average Bonchev–Trinajstić information content (AvgIpc) is 2.81. The summed E-state index contributed by atoms with van der Waals surface area (Å²) in [6, 6.07) is 3.04. The van der Waals surface area contributed by atoms with E-state index in [-0.39, 0.29) is 16.8 Å². The molecule has 0 bridgehead atoms. The van der Waals surface area contributed by atoms with E-state index in [2.05, 4.69) is 15.4 Å². The van der Waals surface area contributed by atoms with Gasteiger partial charge >= 0.3 is 5.97 Å². The molecule has 22 heavy (non-hydrogen) atoms. The summed E-state index contributed by atoms with van der Waals surface area (Å²) >= 11 is 0. The van der Waals surface area contributed by atoms with E-state index in [9.17, 15) is 9.59 Å². The van der Waals surface area contributed by atoms with Gasteiger partial charge in [-0.15, -0.1) is 0 Å². The second-order valence-electron chi connectivity index (χ2n) is 5.98. The molecule has 0 unspecified atom stereocenters. The first-order valence-corrected chi connectivity index (χ1v) is 6.75. The number of nitrogens with zero attached hydrogens (tertiary/aromatic N) is 3. The van der Waals surface area contributed by atoms with Crippen LogP contribution in [0.4, 0.5) is 5.69 Å². The maximum atomic E-state index is 12.2. The standard InChI is InChI=1S/C15H18N4O3/c1-9-5-12(18-19(9)15(2,3)4)13(20)17-11-6-10(14(21)22)7-16-8-11/h5-8H,1-4H3,(H,17,20)(H,21,22). The number of rotatable bonds is 3. The van der Waals surface area contributed by atoms with E-state index in [1.807, 2.05) is 27.7 Å². The quantitative estimate of drug-likeness (QED) is 0.906. The maximum absolute atomic E-state index is 12.2. The Hall–Kier alpha value is -2.70. The van der Waals surface area contributed by atoms with Gasteiger partial charge in [0.25, 0.3) is 5.91 Å². The Labute approximate surface area is 128 Å². The van der Waals surface area contributed by atoms with Gasteiger partial charge in [-0.3, -0.25) is 14.5 Å². The molecule has 2 aromatic rings. The van der Waals surface area contributed by atoms with E-state index in [0.717, 1.165) is 5.69 Å². The molecule has 1 amide bonds. The Morgan fingerprint density at radius 2 is 1.91 bits per heavy atom. The molecule has 0 spiro atoms. The fraction of sp³-hybridized carbons (Fsp3) is 0.333. The zero-order valence-corrected chi connectivity index (χ0v) is 12.9. The van der Waals surface area contributed by atoms with Gasteiger partial charge in [-0.25, -0.2) is 4.79 Å². The highest BCUT2D eigenvalue weighted by atomic mass is 16.4. The van der Waals surface area contributed by atoms with Crippen molar-refractivity contribution in [1.29, 1.82) is 0 Å². The van der Waals surface area contributed by atoms with E-state index >= 15 is 0 Å². The summed E-state index contributed by atoms with van der Waals surface area (Å²) in [5.41, 5.74) is 1.23. The first-order chi connectivity index (χ1) is 10.2. The van der Waals surface area contributed by atoms with Crippen molar-refractivity contribution in [2.45, 2.75) is 33.2 Å². The molecule has 2 aromatic heterocycles. The van der Waals surface area contributed by atoms with Gasteiger partial charge in [0.15, 0.2) is 5.69 Å². The number of anilines is 1. The van der Waals surface area contributed by atoms with Crippen LogP contribution in [0.3, 0.4) is 0 Å². The third-order valence-corrected chi connectivity index (χ3v) is 3.00. The van der Waals surface area contributed by atoms with Crippen LogP contribution in [-0.4, -0.2) is 31.7 Å². The second-order valence-corrected chi connectivity index (χ2v) is 5.98. The second kappa shape index (κ2) is 5.59. The van der Waals surface area contributed by atoms with Crippen molar-refractivity contribution in [2.24, 2.45) is 0 Å². The number of amides is 1. The lowest BCUT2D eigenvalue weighted by Gasteiger charge is -2.21. The molecule has 0 radical (unpaired) electrons. The first-order valence-electron chi connectivity index (χ1n) is 6.75. The average molecular weight is 302 g/mol.